The van der Waals surface area contributed by atoms with E-state index >= 15 is 0 Å². The van der Waals surface area contributed by atoms with Crippen LogP contribution in [0.2, 0.25) is 5.02 Å². The van der Waals surface area contributed by atoms with Gasteiger partial charge in [0.05, 0.1) is 14.2 Å². The molecule has 0 fully saturated rings. The van der Waals surface area contributed by atoms with E-state index in [1.54, 1.807) is 0 Å². The molecule has 70 valence electrons. The van der Waals surface area contributed by atoms with E-state index in [0.29, 0.717) is 6.07 Å². The second-order valence-electron chi connectivity index (χ2n) is 2.15. The van der Waals surface area contributed by atoms with E-state index < -0.39 is 28.2 Å². The molecule has 13 heavy (non-hydrogen) atoms. The van der Waals surface area contributed by atoms with E-state index in [1.165, 1.54) is 22.6 Å². The molecule has 1 N–H and O–H groups in total. The third-order valence-corrected chi connectivity index (χ3v) is 3.03. The van der Waals surface area contributed by atoms with Crippen LogP contribution in [0.25, 0.3) is 0 Å². The predicted octanol–water partition coefficient (Wildman–Crippen LogP) is 2.92. The lowest BCUT2D eigenvalue weighted by atomic mass is 10.2. The Hall–Kier alpha value is -0.430. The Morgan fingerprint density at radius 2 is 2.08 bits per heavy atom. The first-order chi connectivity index (χ1) is 5.95. The third-order valence-electron chi connectivity index (χ3n) is 1.33. The molecule has 1 aromatic carbocycles. The highest BCUT2D eigenvalue weighted by molar-refractivity contribution is 14.1. The Morgan fingerprint density at radius 1 is 1.54 bits per heavy atom. The molecule has 1 aromatic rings. The van der Waals surface area contributed by atoms with E-state index in [-0.39, 0.29) is 3.57 Å². The molecule has 0 unspecified atom stereocenters. The second kappa shape index (κ2) is 3.75. The maximum absolute atomic E-state index is 13.1. The van der Waals surface area contributed by atoms with Crippen molar-refractivity contribution in [1.82, 2.24) is 0 Å². The Labute approximate surface area is 90.6 Å². The molecule has 0 atom stereocenters. The van der Waals surface area contributed by atoms with Gasteiger partial charge >= 0.3 is 5.97 Å². The normalized spacial score (nSPS) is 10.2. The number of aromatic carboxylic acids is 1. The zero-order valence-electron chi connectivity index (χ0n) is 5.94. The smallest absolute Gasteiger partial charge is 0.338 e. The van der Waals surface area contributed by atoms with Crippen LogP contribution in [0.3, 0.4) is 0 Å². The van der Waals surface area contributed by atoms with Crippen molar-refractivity contribution in [2.45, 2.75) is 0 Å². The van der Waals surface area contributed by atoms with E-state index in [9.17, 15) is 13.6 Å². The van der Waals surface area contributed by atoms with Gasteiger partial charge in [0, 0.05) is 0 Å². The molecule has 0 saturated carbocycles. The van der Waals surface area contributed by atoms with E-state index in [4.69, 9.17) is 16.7 Å². The molecule has 6 heteroatoms. The van der Waals surface area contributed by atoms with E-state index in [2.05, 4.69) is 0 Å². The number of benzene rings is 1. The van der Waals surface area contributed by atoms with Crippen LogP contribution in [0, 0.1) is 15.2 Å². The summed E-state index contributed by atoms with van der Waals surface area (Å²) < 4.78 is 25.6. The van der Waals surface area contributed by atoms with Crippen molar-refractivity contribution in [2.75, 3.05) is 0 Å². The summed E-state index contributed by atoms with van der Waals surface area (Å²) in [6, 6.07) is 0.558. The van der Waals surface area contributed by atoms with Crippen LogP contribution in [0.1, 0.15) is 10.4 Å². The molecular formula is C7H2ClF2IO2. The number of carboxylic acids is 1. The van der Waals surface area contributed by atoms with Gasteiger partial charge < -0.3 is 5.11 Å². The quantitative estimate of drug-likeness (QED) is 0.491. The van der Waals surface area contributed by atoms with Gasteiger partial charge in [0.15, 0.2) is 5.82 Å². The van der Waals surface area contributed by atoms with Crippen LogP contribution in [0.4, 0.5) is 8.78 Å². The molecule has 0 heterocycles. The monoisotopic (exact) mass is 318 g/mol. The van der Waals surface area contributed by atoms with Crippen molar-refractivity contribution >= 4 is 40.2 Å². The molecule has 2 nitrogen and oxygen atoms in total. The van der Waals surface area contributed by atoms with E-state index in [0.717, 1.165) is 0 Å². The van der Waals surface area contributed by atoms with Gasteiger partial charge in [-0.1, -0.05) is 11.6 Å². The van der Waals surface area contributed by atoms with Crippen molar-refractivity contribution in [2.24, 2.45) is 0 Å². The van der Waals surface area contributed by atoms with Crippen LogP contribution >= 0.6 is 34.2 Å². The van der Waals surface area contributed by atoms with Crippen LogP contribution in [-0.4, -0.2) is 11.1 Å². The van der Waals surface area contributed by atoms with Gasteiger partial charge in [-0.3, -0.25) is 0 Å². The maximum Gasteiger partial charge on any atom is 0.338 e. The van der Waals surface area contributed by atoms with Gasteiger partial charge in [-0.15, -0.1) is 0 Å². The third kappa shape index (κ3) is 1.91. The molecule has 0 aliphatic rings. The summed E-state index contributed by atoms with van der Waals surface area (Å²) in [5.74, 6) is -3.48. The zero-order valence-corrected chi connectivity index (χ0v) is 8.86. The van der Waals surface area contributed by atoms with Crippen LogP contribution in [-0.2, 0) is 0 Å². The number of halogens is 4. The predicted molar refractivity (Wildman–Crippen MR) is 51.0 cm³/mol. The molecule has 0 saturated heterocycles. The Balaban J connectivity index is 3.50. The molecule has 0 bridgehead atoms. The van der Waals surface area contributed by atoms with Gasteiger partial charge in [-0.05, 0) is 28.7 Å². The first-order valence-electron chi connectivity index (χ1n) is 3.01. The summed E-state index contributed by atoms with van der Waals surface area (Å²) >= 11 is 6.79. The summed E-state index contributed by atoms with van der Waals surface area (Å²) in [6.07, 6.45) is 0. The Bertz CT molecular complexity index is 381. The van der Waals surface area contributed by atoms with Gasteiger partial charge in [-0.2, -0.15) is 0 Å². The first kappa shape index (κ1) is 10.6. The topological polar surface area (TPSA) is 37.3 Å². The second-order valence-corrected chi connectivity index (χ2v) is 3.61. The fourth-order valence-electron chi connectivity index (χ4n) is 0.728. The van der Waals surface area contributed by atoms with Gasteiger partial charge in [0.2, 0.25) is 0 Å². The van der Waals surface area contributed by atoms with Gasteiger partial charge in [0.1, 0.15) is 5.82 Å². The molecule has 0 spiro atoms. The summed E-state index contributed by atoms with van der Waals surface area (Å²) in [5, 5.41) is 8.05. The highest BCUT2D eigenvalue weighted by Crippen LogP contribution is 2.27. The highest BCUT2D eigenvalue weighted by atomic mass is 127. The number of hydrogen-bond acceptors (Lipinski definition) is 1. The minimum atomic E-state index is -1.52. The van der Waals surface area contributed by atoms with E-state index in [1.807, 2.05) is 0 Å². The van der Waals surface area contributed by atoms with Crippen LogP contribution in [0.5, 0.6) is 0 Å². The minimum absolute atomic E-state index is 0.225. The molecule has 0 aliphatic heterocycles. The lowest BCUT2D eigenvalue weighted by Gasteiger charge is -2.02. The number of carboxylic acid groups (broad SMARTS) is 1. The summed E-state index contributed by atoms with van der Waals surface area (Å²) in [7, 11) is 0. The number of rotatable bonds is 1. The molecule has 0 aliphatic carbocycles. The number of hydrogen-bond donors (Lipinski definition) is 1. The van der Waals surface area contributed by atoms with Crippen molar-refractivity contribution < 1.29 is 18.7 Å². The molecular weight excluding hydrogens is 316 g/mol. The van der Waals surface area contributed by atoms with Crippen molar-refractivity contribution in [3.8, 4) is 0 Å². The lowest BCUT2D eigenvalue weighted by Crippen LogP contribution is -2.04. The summed E-state index contributed by atoms with van der Waals surface area (Å²) in [6.45, 7) is 0. The first-order valence-corrected chi connectivity index (χ1v) is 4.47. The summed E-state index contributed by atoms with van der Waals surface area (Å²) in [4.78, 5) is 10.4. The van der Waals surface area contributed by atoms with Crippen molar-refractivity contribution in [3.05, 3.63) is 31.9 Å². The molecule has 0 radical (unpaired) electrons. The fourth-order valence-corrected chi connectivity index (χ4v) is 1.41. The standard InChI is InChI=1S/C7H2ClF2IO2/c8-4-3(9)1-2(7(12)13)5(10)6(4)11/h1H,(H,12,13). The fraction of sp³-hybridized carbons (Fsp3) is 0. The van der Waals surface area contributed by atoms with Crippen molar-refractivity contribution in [1.29, 1.82) is 0 Å². The molecule has 1 rings (SSSR count). The average Bonchev–Trinajstić information content (AvgIpc) is 2.07. The van der Waals surface area contributed by atoms with Gasteiger partial charge in [-0.25, -0.2) is 13.6 Å². The van der Waals surface area contributed by atoms with Gasteiger partial charge in [0.25, 0.3) is 0 Å². The highest BCUT2D eigenvalue weighted by Gasteiger charge is 2.19. The molecule has 0 amide bonds. The average molecular weight is 318 g/mol. The summed E-state index contributed by atoms with van der Waals surface area (Å²) in [5.41, 5.74) is -0.716. The SMILES string of the molecule is O=C(O)c1cc(F)c(Cl)c(I)c1F. The zero-order chi connectivity index (χ0) is 10.2. The van der Waals surface area contributed by atoms with Crippen LogP contribution in [0.15, 0.2) is 6.07 Å². The lowest BCUT2D eigenvalue weighted by molar-refractivity contribution is 0.0691. The number of carbonyl (C=O) groups is 1. The largest absolute Gasteiger partial charge is 0.478 e. The molecule has 0 aromatic heterocycles. The maximum atomic E-state index is 13.1. The minimum Gasteiger partial charge on any atom is -0.478 e. The Morgan fingerprint density at radius 3 is 2.54 bits per heavy atom. The van der Waals surface area contributed by atoms with Crippen LogP contribution < -0.4 is 0 Å². The van der Waals surface area contributed by atoms with Crippen molar-refractivity contribution in [3.63, 3.8) is 0 Å². The Kier molecular flexibility index (Phi) is 3.07.